The van der Waals surface area contributed by atoms with Crippen LogP contribution in [0, 0.1) is 0 Å². The Balaban J connectivity index is 2.59. The summed E-state index contributed by atoms with van der Waals surface area (Å²) in [5, 5.41) is 13.4. The Morgan fingerprint density at radius 3 is 2.69 bits per heavy atom. The lowest BCUT2D eigenvalue weighted by molar-refractivity contribution is 0.0932. The quantitative estimate of drug-likeness (QED) is 0.791. The third-order valence-corrected chi connectivity index (χ3v) is 2.25. The third-order valence-electron chi connectivity index (χ3n) is 2.25. The van der Waals surface area contributed by atoms with Crippen LogP contribution in [0.3, 0.4) is 0 Å². The van der Waals surface area contributed by atoms with E-state index >= 15 is 0 Å². The Morgan fingerprint density at radius 1 is 1.44 bits per heavy atom. The van der Waals surface area contributed by atoms with Crippen LogP contribution in [0.1, 0.15) is 37.2 Å². The van der Waals surface area contributed by atoms with Crippen molar-refractivity contribution in [2.24, 2.45) is 0 Å². The number of hydrogen-bond acceptors (Lipinski definition) is 4. The summed E-state index contributed by atoms with van der Waals surface area (Å²) in [6, 6.07) is 3.56. The Labute approximate surface area is 95.7 Å². The molecule has 1 amide bonds. The minimum absolute atomic E-state index is 0.170. The van der Waals surface area contributed by atoms with Crippen molar-refractivity contribution >= 4 is 11.7 Å². The molecule has 0 bridgehead atoms. The molecule has 0 spiro atoms. The van der Waals surface area contributed by atoms with E-state index in [2.05, 4.69) is 27.8 Å². The van der Waals surface area contributed by atoms with Crippen LogP contribution in [0.4, 0.5) is 5.82 Å². The molecule has 5 nitrogen and oxygen atoms in total. The SMILES string of the molecule is CCCC(C)NC(=O)c1ccc(NC)nn1. The van der Waals surface area contributed by atoms with E-state index in [1.165, 1.54) is 0 Å². The van der Waals surface area contributed by atoms with Gasteiger partial charge in [-0.2, -0.15) is 0 Å². The van der Waals surface area contributed by atoms with E-state index in [1.807, 2.05) is 6.92 Å². The number of rotatable bonds is 5. The van der Waals surface area contributed by atoms with Crippen LogP contribution >= 0.6 is 0 Å². The van der Waals surface area contributed by atoms with E-state index in [1.54, 1.807) is 19.2 Å². The number of carbonyl (C=O) groups excluding carboxylic acids is 1. The van der Waals surface area contributed by atoms with Gasteiger partial charge in [0.25, 0.3) is 5.91 Å². The summed E-state index contributed by atoms with van der Waals surface area (Å²) in [6.45, 7) is 4.07. The lowest BCUT2D eigenvalue weighted by atomic mass is 10.2. The van der Waals surface area contributed by atoms with E-state index < -0.39 is 0 Å². The van der Waals surface area contributed by atoms with Crippen LogP contribution in [-0.2, 0) is 0 Å². The third kappa shape index (κ3) is 3.49. The van der Waals surface area contributed by atoms with Gasteiger partial charge in [0.2, 0.25) is 0 Å². The minimum Gasteiger partial charge on any atom is -0.372 e. The fourth-order valence-corrected chi connectivity index (χ4v) is 1.39. The molecule has 0 aliphatic carbocycles. The second-order valence-electron chi connectivity index (χ2n) is 3.72. The predicted octanol–water partition coefficient (Wildman–Crippen LogP) is 1.44. The molecule has 0 aromatic carbocycles. The summed E-state index contributed by atoms with van der Waals surface area (Å²) in [5.41, 5.74) is 0.349. The molecule has 0 saturated carbocycles. The van der Waals surface area contributed by atoms with Gasteiger partial charge >= 0.3 is 0 Å². The number of nitrogens with one attached hydrogen (secondary N) is 2. The summed E-state index contributed by atoms with van der Waals surface area (Å²) < 4.78 is 0. The van der Waals surface area contributed by atoms with Gasteiger partial charge in [-0.1, -0.05) is 13.3 Å². The highest BCUT2D eigenvalue weighted by Gasteiger charge is 2.10. The molecule has 0 fully saturated rings. The molecule has 0 aliphatic rings. The van der Waals surface area contributed by atoms with Crippen molar-refractivity contribution < 1.29 is 4.79 Å². The lowest BCUT2D eigenvalue weighted by Gasteiger charge is -2.11. The predicted molar refractivity (Wildman–Crippen MR) is 63.4 cm³/mol. The summed E-state index contributed by atoms with van der Waals surface area (Å²) in [5.74, 6) is 0.481. The second kappa shape index (κ2) is 6.05. The first-order valence-electron chi connectivity index (χ1n) is 5.49. The van der Waals surface area contributed by atoms with Crippen molar-refractivity contribution in [2.75, 3.05) is 12.4 Å². The zero-order valence-electron chi connectivity index (χ0n) is 9.95. The van der Waals surface area contributed by atoms with Crippen molar-refractivity contribution in [1.29, 1.82) is 0 Å². The van der Waals surface area contributed by atoms with Gasteiger partial charge in [0.15, 0.2) is 5.69 Å². The summed E-state index contributed by atoms with van der Waals surface area (Å²) in [4.78, 5) is 11.7. The maximum Gasteiger partial charge on any atom is 0.272 e. The molecule has 0 saturated heterocycles. The molecule has 1 unspecified atom stereocenters. The van der Waals surface area contributed by atoms with Crippen LogP contribution in [-0.4, -0.2) is 29.2 Å². The smallest absolute Gasteiger partial charge is 0.272 e. The fraction of sp³-hybridized carbons (Fsp3) is 0.545. The Bertz CT molecular complexity index is 336. The van der Waals surface area contributed by atoms with Crippen molar-refractivity contribution in [2.45, 2.75) is 32.7 Å². The largest absolute Gasteiger partial charge is 0.372 e. The van der Waals surface area contributed by atoms with E-state index in [0.717, 1.165) is 12.8 Å². The molecule has 88 valence electrons. The van der Waals surface area contributed by atoms with Gasteiger partial charge in [0, 0.05) is 13.1 Å². The zero-order chi connectivity index (χ0) is 12.0. The number of hydrogen-bond donors (Lipinski definition) is 2. The Hall–Kier alpha value is -1.65. The molecule has 1 atom stereocenters. The van der Waals surface area contributed by atoms with Crippen LogP contribution in [0.5, 0.6) is 0 Å². The monoisotopic (exact) mass is 222 g/mol. The van der Waals surface area contributed by atoms with Crippen molar-refractivity contribution in [3.05, 3.63) is 17.8 Å². The molecule has 1 rings (SSSR count). The van der Waals surface area contributed by atoms with Crippen LogP contribution < -0.4 is 10.6 Å². The van der Waals surface area contributed by atoms with Crippen LogP contribution in [0.15, 0.2) is 12.1 Å². The number of anilines is 1. The van der Waals surface area contributed by atoms with Gasteiger partial charge < -0.3 is 10.6 Å². The molecular weight excluding hydrogens is 204 g/mol. The van der Waals surface area contributed by atoms with Gasteiger partial charge in [-0.15, -0.1) is 10.2 Å². The summed E-state index contributed by atoms with van der Waals surface area (Å²) >= 11 is 0. The molecule has 1 aromatic rings. The standard InChI is InChI=1S/C11H18N4O/c1-4-5-8(2)13-11(16)9-6-7-10(12-3)15-14-9/h6-8H,4-5H2,1-3H3,(H,12,15)(H,13,16). The molecule has 16 heavy (non-hydrogen) atoms. The fourth-order valence-electron chi connectivity index (χ4n) is 1.39. The van der Waals surface area contributed by atoms with Gasteiger partial charge in [-0.25, -0.2) is 0 Å². The molecule has 0 aliphatic heterocycles. The number of nitrogens with zero attached hydrogens (tertiary/aromatic N) is 2. The highest BCUT2D eigenvalue weighted by atomic mass is 16.2. The summed E-state index contributed by atoms with van der Waals surface area (Å²) in [7, 11) is 1.76. The molecule has 1 heterocycles. The number of aromatic nitrogens is 2. The Kier molecular flexibility index (Phi) is 4.69. The first-order valence-corrected chi connectivity index (χ1v) is 5.49. The summed E-state index contributed by atoms with van der Waals surface area (Å²) in [6.07, 6.45) is 2.01. The van der Waals surface area contributed by atoms with E-state index in [0.29, 0.717) is 11.5 Å². The average Bonchev–Trinajstić information content (AvgIpc) is 2.29. The molecular formula is C11H18N4O. The van der Waals surface area contributed by atoms with Crippen molar-refractivity contribution in [3.63, 3.8) is 0 Å². The highest BCUT2D eigenvalue weighted by molar-refractivity contribution is 5.92. The molecule has 0 radical (unpaired) electrons. The first-order chi connectivity index (χ1) is 7.67. The highest BCUT2D eigenvalue weighted by Crippen LogP contribution is 2.02. The van der Waals surface area contributed by atoms with Crippen LogP contribution in [0.2, 0.25) is 0 Å². The van der Waals surface area contributed by atoms with Gasteiger partial charge in [-0.3, -0.25) is 4.79 Å². The van der Waals surface area contributed by atoms with Gasteiger partial charge in [-0.05, 0) is 25.5 Å². The molecule has 5 heteroatoms. The van der Waals surface area contributed by atoms with Crippen molar-refractivity contribution in [1.82, 2.24) is 15.5 Å². The molecule has 1 aromatic heterocycles. The second-order valence-corrected chi connectivity index (χ2v) is 3.72. The van der Waals surface area contributed by atoms with E-state index in [9.17, 15) is 4.79 Å². The van der Waals surface area contributed by atoms with Gasteiger partial charge in [0.05, 0.1) is 0 Å². The normalized spacial score (nSPS) is 11.9. The minimum atomic E-state index is -0.170. The zero-order valence-corrected chi connectivity index (χ0v) is 9.95. The first kappa shape index (κ1) is 12.4. The van der Waals surface area contributed by atoms with Crippen LogP contribution in [0.25, 0.3) is 0 Å². The number of carbonyl (C=O) groups is 1. The Morgan fingerprint density at radius 2 is 2.19 bits per heavy atom. The molecule has 2 N–H and O–H groups in total. The maximum absolute atomic E-state index is 11.7. The maximum atomic E-state index is 11.7. The van der Waals surface area contributed by atoms with Gasteiger partial charge in [0.1, 0.15) is 5.82 Å². The van der Waals surface area contributed by atoms with E-state index in [4.69, 9.17) is 0 Å². The lowest BCUT2D eigenvalue weighted by Crippen LogP contribution is -2.33. The van der Waals surface area contributed by atoms with Crippen molar-refractivity contribution in [3.8, 4) is 0 Å². The topological polar surface area (TPSA) is 66.9 Å². The van der Waals surface area contributed by atoms with E-state index in [-0.39, 0.29) is 11.9 Å². The number of amides is 1. The average molecular weight is 222 g/mol.